The van der Waals surface area contributed by atoms with Crippen LogP contribution in [0.15, 0.2) is 72.8 Å². The van der Waals surface area contributed by atoms with E-state index in [1.807, 2.05) is 55.5 Å². The first-order valence-electron chi connectivity index (χ1n) is 8.31. The van der Waals surface area contributed by atoms with E-state index in [-0.39, 0.29) is 12.3 Å². The second-order valence-electron chi connectivity index (χ2n) is 6.12. The average Bonchev–Trinajstić information content (AvgIpc) is 2.62. The molecular formula is C22H19NO3. The van der Waals surface area contributed by atoms with E-state index < -0.39 is 5.97 Å². The lowest BCUT2D eigenvalue weighted by Crippen LogP contribution is -2.13. The highest BCUT2D eigenvalue weighted by molar-refractivity contribution is 6.05. The van der Waals surface area contributed by atoms with Crippen molar-refractivity contribution in [2.24, 2.45) is 0 Å². The van der Waals surface area contributed by atoms with E-state index >= 15 is 0 Å². The summed E-state index contributed by atoms with van der Waals surface area (Å²) in [5.41, 5.74) is 4.86. The second-order valence-corrected chi connectivity index (χ2v) is 6.12. The first-order chi connectivity index (χ1) is 12.5. The van der Waals surface area contributed by atoms with E-state index in [2.05, 4.69) is 5.32 Å². The molecule has 3 aromatic carbocycles. The van der Waals surface area contributed by atoms with Gasteiger partial charge in [0.25, 0.3) is 5.91 Å². The van der Waals surface area contributed by atoms with Crippen molar-refractivity contribution in [1.82, 2.24) is 0 Å². The standard InChI is InChI=1S/C22H19NO3/c1-15-12-18(17-7-3-2-4-8-17)10-11-20(15)22(26)23-19-9-5-6-16(13-19)14-21(24)25/h2-13H,14H2,1H3,(H,23,26)(H,24,25). The summed E-state index contributed by atoms with van der Waals surface area (Å²) in [6, 6.07) is 22.6. The van der Waals surface area contributed by atoms with Crippen LogP contribution >= 0.6 is 0 Å². The zero-order chi connectivity index (χ0) is 18.5. The van der Waals surface area contributed by atoms with Gasteiger partial charge >= 0.3 is 5.97 Å². The Kier molecular flexibility index (Phi) is 5.13. The lowest BCUT2D eigenvalue weighted by molar-refractivity contribution is -0.136. The molecule has 0 fully saturated rings. The van der Waals surface area contributed by atoms with Gasteiger partial charge in [0.1, 0.15) is 0 Å². The molecule has 0 atom stereocenters. The fourth-order valence-corrected chi connectivity index (χ4v) is 2.86. The number of hydrogen-bond donors (Lipinski definition) is 2. The van der Waals surface area contributed by atoms with Gasteiger partial charge in [-0.15, -0.1) is 0 Å². The van der Waals surface area contributed by atoms with Crippen LogP contribution in [0.2, 0.25) is 0 Å². The fourth-order valence-electron chi connectivity index (χ4n) is 2.86. The molecule has 0 aliphatic heterocycles. The Morgan fingerprint density at radius 3 is 2.35 bits per heavy atom. The summed E-state index contributed by atoms with van der Waals surface area (Å²) in [7, 11) is 0. The summed E-state index contributed by atoms with van der Waals surface area (Å²) < 4.78 is 0. The van der Waals surface area contributed by atoms with Gasteiger partial charge in [0, 0.05) is 11.3 Å². The van der Waals surface area contributed by atoms with Crippen molar-refractivity contribution in [3.05, 3.63) is 89.5 Å². The highest BCUT2D eigenvalue weighted by Crippen LogP contribution is 2.23. The second kappa shape index (κ2) is 7.66. The predicted octanol–water partition coefficient (Wildman–Crippen LogP) is 4.54. The maximum absolute atomic E-state index is 12.6. The van der Waals surface area contributed by atoms with Gasteiger partial charge in [0.2, 0.25) is 0 Å². The number of rotatable bonds is 5. The number of carbonyl (C=O) groups excluding carboxylic acids is 1. The van der Waals surface area contributed by atoms with E-state index in [1.54, 1.807) is 24.3 Å². The smallest absolute Gasteiger partial charge is 0.307 e. The monoisotopic (exact) mass is 345 g/mol. The Morgan fingerprint density at radius 1 is 0.885 bits per heavy atom. The van der Waals surface area contributed by atoms with Crippen molar-refractivity contribution in [2.75, 3.05) is 5.32 Å². The van der Waals surface area contributed by atoms with Gasteiger partial charge < -0.3 is 10.4 Å². The summed E-state index contributed by atoms with van der Waals surface area (Å²) in [6.45, 7) is 1.90. The predicted molar refractivity (Wildman–Crippen MR) is 102 cm³/mol. The zero-order valence-corrected chi connectivity index (χ0v) is 14.4. The number of benzene rings is 3. The third-order valence-electron chi connectivity index (χ3n) is 4.12. The highest BCUT2D eigenvalue weighted by atomic mass is 16.4. The van der Waals surface area contributed by atoms with Crippen molar-refractivity contribution in [3.63, 3.8) is 0 Å². The van der Waals surface area contributed by atoms with Crippen LogP contribution in [0, 0.1) is 6.92 Å². The molecule has 26 heavy (non-hydrogen) atoms. The third-order valence-corrected chi connectivity index (χ3v) is 4.12. The first kappa shape index (κ1) is 17.4. The van der Waals surface area contributed by atoms with Crippen molar-refractivity contribution >= 4 is 17.6 Å². The van der Waals surface area contributed by atoms with Gasteiger partial charge in [-0.05, 0) is 47.4 Å². The van der Waals surface area contributed by atoms with Crippen LogP contribution in [0.3, 0.4) is 0 Å². The molecule has 3 rings (SSSR count). The van der Waals surface area contributed by atoms with Crippen LogP contribution in [0.5, 0.6) is 0 Å². The lowest BCUT2D eigenvalue weighted by Gasteiger charge is -2.10. The normalized spacial score (nSPS) is 10.3. The minimum absolute atomic E-state index is 0.0749. The summed E-state index contributed by atoms with van der Waals surface area (Å²) >= 11 is 0. The Balaban J connectivity index is 1.79. The van der Waals surface area contributed by atoms with Crippen molar-refractivity contribution in [3.8, 4) is 11.1 Å². The van der Waals surface area contributed by atoms with Crippen molar-refractivity contribution in [1.29, 1.82) is 0 Å². The van der Waals surface area contributed by atoms with Crippen LogP contribution in [0.1, 0.15) is 21.5 Å². The molecular weight excluding hydrogens is 326 g/mol. The molecule has 4 heteroatoms. The topological polar surface area (TPSA) is 66.4 Å². The number of amides is 1. The molecule has 0 aromatic heterocycles. The quantitative estimate of drug-likeness (QED) is 0.713. The van der Waals surface area contributed by atoms with Crippen LogP contribution < -0.4 is 5.32 Å². The van der Waals surface area contributed by atoms with E-state index in [1.165, 1.54) is 0 Å². The van der Waals surface area contributed by atoms with E-state index in [4.69, 9.17) is 5.11 Å². The lowest BCUT2D eigenvalue weighted by atomic mass is 9.99. The third kappa shape index (κ3) is 4.16. The Labute approximate surface area is 152 Å². The van der Waals surface area contributed by atoms with Gasteiger partial charge in [-0.3, -0.25) is 9.59 Å². The highest BCUT2D eigenvalue weighted by Gasteiger charge is 2.11. The molecule has 0 saturated heterocycles. The van der Waals surface area contributed by atoms with Crippen molar-refractivity contribution < 1.29 is 14.7 Å². The summed E-state index contributed by atoms with van der Waals surface area (Å²) in [5.74, 6) is -1.12. The molecule has 0 radical (unpaired) electrons. The largest absolute Gasteiger partial charge is 0.481 e. The molecule has 2 N–H and O–H groups in total. The number of carboxylic acid groups (broad SMARTS) is 1. The zero-order valence-electron chi connectivity index (χ0n) is 14.4. The SMILES string of the molecule is Cc1cc(-c2ccccc2)ccc1C(=O)Nc1cccc(CC(=O)O)c1. The molecule has 0 aliphatic rings. The van der Waals surface area contributed by atoms with Crippen LogP contribution in [-0.4, -0.2) is 17.0 Å². The Hall–Kier alpha value is -3.40. The maximum atomic E-state index is 12.6. The van der Waals surface area contributed by atoms with Crippen LogP contribution in [0.4, 0.5) is 5.69 Å². The fraction of sp³-hybridized carbons (Fsp3) is 0.0909. The number of aryl methyl sites for hydroxylation is 1. The van der Waals surface area contributed by atoms with Crippen molar-refractivity contribution in [2.45, 2.75) is 13.3 Å². The van der Waals surface area contributed by atoms with E-state index in [9.17, 15) is 9.59 Å². The van der Waals surface area contributed by atoms with Gasteiger partial charge in [-0.2, -0.15) is 0 Å². The van der Waals surface area contributed by atoms with E-state index in [0.717, 1.165) is 16.7 Å². The first-order valence-corrected chi connectivity index (χ1v) is 8.31. The number of carbonyl (C=O) groups is 2. The van der Waals surface area contributed by atoms with Gasteiger partial charge in [0.15, 0.2) is 0 Å². The number of anilines is 1. The average molecular weight is 345 g/mol. The molecule has 0 unspecified atom stereocenters. The molecule has 4 nitrogen and oxygen atoms in total. The number of aliphatic carboxylic acids is 1. The molecule has 0 spiro atoms. The number of carboxylic acids is 1. The Morgan fingerprint density at radius 2 is 1.65 bits per heavy atom. The molecule has 0 bridgehead atoms. The minimum atomic E-state index is -0.902. The molecule has 3 aromatic rings. The van der Waals surface area contributed by atoms with Gasteiger partial charge in [0.05, 0.1) is 6.42 Å². The van der Waals surface area contributed by atoms with Crippen LogP contribution in [-0.2, 0) is 11.2 Å². The molecule has 0 saturated carbocycles. The Bertz CT molecular complexity index is 949. The summed E-state index contributed by atoms with van der Waals surface area (Å²) in [6.07, 6.45) is -0.0749. The van der Waals surface area contributed by atoms with Gasteiger partial charge in [-0.1, -0.05) is 54.6 Å². The number of nitrogens with one attached hydrogen (secondary N) is 1. The maximum Gasteiger partial charge on any atom is 0.307 e. The molecule has 0 aliphatic carbocycles. The molecule has 130 valence electrons. The number of hydrogen-bond acceptors (Lipinski definition) is 2. The minimum Gasteiger partial charge on any atom is -0.481 e. The molecule has 1 amide bonds. The summed E-state index contributed by atoms with van der Waals surface area (Å²) in [4.78, 5) is 23.4. The van der Waals surface area contributed by atoms with E-state index in [0.29, 0.717) is 16.8 Å². The van der Waals surface area contributed by atoms with Gasteiger partial charge in [-0.25, -0.2) is 0 Å². The molecule has 0 heterocycles. The summed E-state index contributed by atoms with van der Waals surface area (Å²) in [5, 5.41) is 11.7. The van der Waals surface area contributed by atoms with Crippen LogP contribution in [0.25, 0.3) is 11.1 Å².